The summed E-state index contributed by atoms with van der Waals surface area (Å²) in [7, 11) is -4.03. The average Bonchev–Trinajstić information content (AvgIpc) is 3.08. The van der Waals surface area contributed by atoms with E-state index in [1.54, 1.807) is 6.92 Å². The highest BCUT2D eigenvalue weighted by molar-refractivity contribution is 7.91. The number of aryl methyl sites for hydroxylation is 1. The van der Waals surface area contributed by atoms with Gasteiger partial charge in [-0.25, -0.2) is 35.3 Å². The normalized spacial score (nSPS) is 15.9. The monoisotopic (exact) mass is 464 g/mol. The Balaban J connectivity index is 1.96. The van der Waals surface area contributed by atoms with E-state index in [4.69, 9.17) is 0 Å². The number of benzene rings is 1. The van der Waals surface area contributed by atoms with Crippen molar-refractivity contribution in [2.45, 2.75) is 37.6 Å². The fourth-order valence-electron chi connectivity index (χ4n) is 3.28. The molecule has 4 rings (SSSR count). The summed E-state index contributed by atoms with van der Waals surface area (Å²) < 4.78 is 80.9. The van der Waals surface area contributed by atoms with Crippen molar-refractivity contribution in [3.63, 3.8) is 0 Å². The summed E-state index contributed by atoms with van der Waals surface area (Å²) in [6.07, 6.45) is -1.51. The molecule has 1 aliphatic carbocycles. The minimum absolute atomic E-state index is 0.0690. The van der Waals surface area contributed by atoms with Gasteiger partial charge in [-0.05, 0) is 24.3 Å². The number of rotatable bonds is 7. The van der Waals surface area contributed by atoms with Crippen LogP contribution in [-0.2, 0) is 16.4 Å². The van der Waals surface area contributed by atoms with Crippen molar-refractivity contribution in [2.75, 3.05) is 12.4 Å². The predicted octanol–water partition coefficient (Wildman–Crippen LogP) is 3.26. The minimum Gasteiger partial charge on any atom is -0.289 e. The lowest BCUT2D eigenvalue weighted by atomic mass is 10.2. The number of fused-ring (bicyclic) bond motifs is 1. The Morgan fingerprint density at radius 3 is 2.50 bits per heavy atom. The molecule has 1 saturated carbocycles. The van der Waals surface area contributed by atoms with Crippen molar-refractivity contribution in [1.29, 1.82) is 0 Å². The summed E-state index contributed by atoms with van der Waals surface area (Å²) in [6.45, 7) is 0.408. The van der Waals surface area contributed by atoms with Crippen molar-refractivity contribution in [3.8, 4) is 5.13 Å². The van der Waals surface area contributed by atoms with Gasteiger partial charge in [0.25, 0.3) is 6.43 Å². The fraction of sp³-hybridized carbons (Fsp3) is 0.471. The molecule has 0 saturated heterocycles. The zero-order chi connectivity index (χ0) is 21.8. The van der Waals surface area contributed by atoms with Crippen molar-refractivity contribution in [1.82, 2.24) is 19.3 Å². The fourth-order valence-corrected chi connectivity index (χ4v) is 5.99. The Kier molecular flexibility index (Phi) is 5.00. The van der Waals surface area contributed by atoms with Crippen molar-refractivity contribution in [2.24, 2.45) is 5.41 Å². The van der Waals surface area contributed by atoms with Crippen molar-refractivity contribution in [3.05, 3.63) is 33.4 Å². The predicted molar refractivity (Wildman–Crippen MR) is 101 cm³/mol. The van der Waals surface area contributed by atoms with E-state index in [1.165, 1.54) is 0 Å². The van der Waals surface area contributed by atoms with E-state index in [2.05, 4.69) is 10.2 Å². The maximum Gasteiger partial charge on any atom is 0.335 e. The molecule has 0 radical (unpaired) electrons. The van der Waals surface area contributed by atoms with Crippen LogP contribution < -0.4 is 5.69 Å². The van der Waals surface area contributed by atoms with Crippen LogP contribution in [0.25, 0.3) is 16.2 Å². The highest BCUT2D eigenvalue weighted by atomic mass is 32.2. The van der Waals surface area contributed by atoms with E-state index >= 15 is 0 Å². The van der Waals surface area contributed by atoms with Crippen molar-refractivity contribution >= 4 is 32.2 Å². The van der Waals surface area contributed by atoms with E-state index in [-0.39, 0.29) is 21.9 Å². The highest BCUT2D eigenvalue weighted by Crippen LogP contribution is 2.47. The topological polar surface area (TPSA) is 86.9 Å². The van der Waals surface area contributed by atoms with E-state index in [9.17, 15) is 30.8 Å². The van der Waals surface area contributed by atoms with Gasteiger partial charge in [0.1, 0.15) is 17.4 Å². The first kappa shape index (κ1) is 21.0. The second-order valence-electron chi connectivity index (χ2n) is 7.52. The zero-order valence-electron chi connectivity index (χ0n) is 15.6. The molecule has 7 nitrogen and oxygen atoms in total. The minimum atomic E-state index is -4.03. The van der Waals surface area contributed by atoms with Crippen LogP contribution in [0.5, 0.6) is 0 Å². The average molecular weight is 464 g/mol. The van der Waals surface area contributed by atoms with Gasteiger partial charge in [-0.3, -0.25) is 4.57 Å². The molecule has 0 spiro atoms. The van der Waals surface area contributed by atoms with Gasteiger partial charge in [0, 0.05) is 6.07 Å². The van der Waals surface area contributed by atoms with Crippen LogP contribution in [0.4, 0.5) is 17.6 Å². The van der Waals surface area contributed by atoms with Gasteiger partial charge in [-0.2, -0.15) is 0 Å². The SMILES string of the molecule is CC1(CS(=O)(=O)c2cc3c(cc2F)n(CCF)c(=O)n3-c2nnc(C(F)F)s2)CC1. The van der Waals surface area contributed by atoms with Crippen LogP contribution in [0.1, 0.15) is 31.2 Å². The maximum atomic E-state index is 14.8. The lowest BCUT2D eigenvalue weighted by molar-refractivity contribution is 0.150. The van der Waals surface area contributed by atoms with Gasteiger partial charge >= 0.3 is 5.69 Å². The summed E-state index contributed by atoms with van der Waals surface area (Å²) in [5.41, 5.74) is -1.43. The molecule has 0 aliphatic heterocycles. The molecule has 30 heavy (non-hydrogen) atoms. The molecule has 1 aromatic carbocycles. The van der Waals surface area contributed by atoms with E-state index in [1.807, 2.05) is 0 Å². The van der Waals surface area contributed by atoms with Gasteiger partial charge in [-0.15, -0.1) is 10.2 Å². The Labute approximate surface area is 171 Å². The van der Waals surface area contributed by atoms with Gasteiger partial charge < -0.3 is 0 Å². The first-order chi connectivity index (χ1) is 14.1. The third-order valence-electron chi connectivity index (χ3n) is 5.08. The van der Waals surface area contributed by atoms with Gasteiger partial charge in [0.05, 0.1) is 23.3 Å². The standard InChI is InChI=1S/C17H16F4N4O3S2/c1-17(2-3-17)8-30(27,28)12-7-11-10(6-9(12)19)24(5-4-18)16(26)25(11)15-23-22-14(29-15)13(20)21/h6-7,13H,2-5,8H2,1H3. The van der Waals surface area contributed by atoms with E-state index < -0.39 is 56.3 Å². The van der Waals surface area contributed by atoms with Crippen LogP contribution in [0.15, 0.2) is 21.8 Å². The molecule has 0 bridgehead atoms. The first-order valence-corrected chi connectivity index (χ1v) is 11.4. The molecular weight excluding hydrogens is 448 g/mol. The Hall–Kier alpha value is -2.28. The number of hydrogen-bond donors (Lipinski definition) is 0. The zero-order valence-corrected chi connectivity index (χ0v) is 17.2. The molecule has 0 unspecified atom stereocenters. The molecule has 3 aromatic rings. The Morgan fingerprint density at radius 2 is 1.93 bits per heavy atom. The van der Waals surface area contributed by atoms with Gasteiger partial charge in [-0.1, -0.05) is 18.3 Å². The third kappa shape index (κ3) is 3.53. The lowest BCUT2D eigenvalue weighted by Crippen LogP contribution is -2.23. The Morgan fingerprint density at radius 1 is 1.23 bits per heavy atom. The van der Waals surface area contributed by atoms with Crippen LogP contribution >= 0.6 is 11.3 Å². The molecule has 13 heteroatoms. The highest BCUT2D eigenvalue weighted by Gasteiger charge is 2.42. The second-order valence-corrected chi connectivity index (χ2v) is 10.5. The molecule has 2 aromatic heterocycles. The molecule has 0 N–H and O–H groups in total. The maximum absolute atomic E-state index is 14.8. The van der Waals surface area contributed by atoms with E-state index in [0.717, 1.165) is 21.3 Å². The largest absolute Gasteiger partial charge is 0.335 e. The number of hydrogen-bond acceptors (Lipinski definition) is 6. The molecular formula is C17H16F4N4O3S2. The second kappa shape index (κ2) is 7.15. The number of nitrogens with zero attached hydrogens (tertiary/aromatic N) is 4. The summed E-state index contributed by atoms with van der Waals surface area (Å²) in [4.78, 5) is 12.2. The van der Waals surface area contributed by atoms with Crippen LogP contribution in [0.2, 0.25) is 0 Å². The molecule has 0 atom stereocenters. The number of imidazole rings is 1. The quantitative estimate of drug-likeness (QED) is 0.501. The smallest absolute Gasteiger partial charge is 0.289 e. The summed E-state index contributed by atoms with van der Waals surface area (Å²) in [6, 6.07) is 1.82. The van der Waals surface area contributed by atoms with Gasteiger partial charge in [0.2, 0.25) is 5.13 Å². The molecule has 1 aliphatic rings. The van der Waals surface area contributed by atoms with Crippen LogP contribution in [-0.4, -0.2) is 40.2 Å². The summed E-state index contributed by atoms with van der Waals surface area (Å²) >= 11 is 0.433. The third-order valence-corrected chi connectivity index (χ3v) is 8.05. The van der Waals surface area contributed by atoms with E-state index in [0.29, 0.717) is 24.2 Å². The summed E-state index contributed by atoms with van der Waals surface area (Å²) in [5, 5.41) is 6.01. The van der Waals surface area contributed by atoms with Crippen molar-refractivity contribution < 1.29 is 26.0 Å². The number of sulfone groups is 1. The molecule has 162 valence electrons. The molecule has 2 heterocycles. The van der Waals surface area contributed by atoms with Crippen LogP contribution in [0.3, 0.4) is 0 Å². The van der Waals surface area contributed by atoms with Gasteiger partial charge in [0.15, 0.2) is 14.8 Å². The Bertz CT molecular complexity index is 1290. The number of alkyl halides is 3. The lowest BCUT2D eigenvalue weighted by Gasteiger charge is -2.11. The number of aromatic nitrogens is 4. The molecule has 0 amide bonds. The van der Waals surface area contributed by atoms with Crippen LogP contribution in [0, 0.1) is 11.2 Å². The first-order valence-electron chi connectivity index (χ1n) is 8.92. The summed E-state index contributed by atoms with van der Waals surface area (Å²) in [5.74, 6) is -1.33. The molecule has 1 fully saturated rings. The number of halogens is 4.